The molecule has 0 saturated heterocycles. The Morgan fingerprint density at radius 3 is 2.69 bits per heavy atom. The second-order valence-corrected chi connectivity index (χ2v) is 3.29. The summed E-state index contributed by atoms with van der Waals surface area (Å²) in [5.74, 6) is 0.874. The molecule has 0 amide bonds. The minimum Gasteiger partial charge on any atom is -0.331 e. The SMILES string of the molecule is CCCC(=O)c1nc(C(C)C)no1. The minimum absolute atomic E-state index is 0.0677. The van der Waals surface area contributed by atoms with Gasteiger partial charge in [0.25, 0.3) is 5.89 Å². The van der Waals surface area contributed by atoms with Crippen molar-refractivity contribution in [2.45, 2.75) is 39.5 Å². The van der Waals surface area contributed by atoms with Crippen LogP contribution in [0.4, 0.5) is 0 Å². The lowest BCUT2D eigenvalue weighted by atomic mass is 10.2. The fourth-order valence-corrected chi connectivity index (χ4v) is 0.917. The first-order chi connectivity index (χ1) is 6.15. The van der Waals surface area contributed by atoms with E-state index in [1.54, 1.807) is 0 Å². The van der Waals surface area contributed by atoms with E-state index in [-0.39, 0.29) is 17.6 Å². The van der Waals surface area contributed by atoms with Crippen LogP contribution in [0.5, 0.6) is 0 Å². The van der Waals surface area contributed by atoms with E-state index >= 15 is 0 Å². The Kier molecular flexibility index (Phi) is 3.17. The van der Waals surface area contributed by atoms with Gasteiger partial charge >= 0.3 is 0 Å². The van der Waals surface area contributed by atoms with E-state index in [0.717, 1.165) is 6.42 Å². The number of rotatable bonds is 4. The number of carbonyl (C=O) groups excluding carboxylic acids is 1. The molecule has 1 rings (SSSR count). The van der Waals surface area contributed by atoms with Gasteiger partial charge < -0.3 is 4.52 Å². The van der Waals surface area contributed by atoms with Gasteiger partial charge in [-0.2, -0.15) is 4.98 Å². The highest BCUT2D eigenvalue weighted by Crippen LogP contribution is 2.10. The van der Waals surface area contributed by atoms with E-state index in [4.69, 9.17) is 4.52 Å². The highest BCUT2D eigenvalue weighted by molar-refractivity contribution is 5.91. The maximum absolute atomic E-state index is 11.3. The summed E-state index contributed by atoms with van der Waals surface area (Å²) in [6.45, 7) is 5.86. The van der Waals surface area contributed by atoms with Crippen molar-refractivity contribution in [2.75, 3.05) is 0 Å². The third-order valence-electron chi connectivity index (χ3n) is 1.67. The first-order valence-corrected chi connectivity index (χ1v) is 4.52. The summed E-state index contributed by atoms with van der Waals surface area (Å²) in [5.41, 5.74) is 0. The van der Waals surface area contributed by atoms with Crippen LogP contribution >= 0.6 is 0 Å². The Bertz CT molecular complexity index is 292. The summed E-state index contributed by atoms with van der Waals surface area (Å²) >= 11 is 0. The molecule has 0 N–H and O–H groups in total. The fraction of sp³-hybridized carbons (Fsp3) is 0.667. The lowest BCUT2D eigenvalue weighted by molar-refractivity contribution is 0.0939. The summed E-state index contributed by atoms with van der Waals surface area (Å²) < 4.78 is 4.83. The molecule has 0 bridgehead atoms. The van der Waals surface area contributed by atoms with Crippen LogP contribution in [0.3, 0.4) is 0 Å². The lowest BCUT2D eigenvalue weighted by Crippen LogP contribution is -1.99. The third-order valence-corrected chi connectivity index (χ3v) is 1.67. The number of ketones is 1. The molecule has 0 spiro atoms. The zero-order chi connectivity index (χ0) is 9.84. The molecular formula is C9H14N2O2. The van der Waals surface area contributed by atoms with Crippen LogP contribution in [0.2, 0.25) is 0 Å². The Labute approximate surface area is 77.3 Å². The van der Waals surface area contributed by atoms with Crippen LogP contribution in [0, 0.1) is 0 Å². The lowest BCUT2D eigenvalue weighted by Gasteiger charge is -1.92. The van der Waals surface area contributed by atoms with Gasteiger partial charge in [-0.05, 0) is 6.42 Å². The van der Waals surface area contributed by atoms with Crippen LogP contribution in [0.15, 0.2) is 4.52 Å². The quantitative estimate of drug-likeness (QED) is 0.669. The first kappa shape index (κ1) is 9.89. The molecule has 0 aliphatic carbocycles. The molecule has 0 aliphatic rings. The smallest absolute Gasteiger partial charge is 0.293 e. The number of aromatic nitrogens is 2. The fourth-order valence-electron chi connectivity index (χ4n) is 0.917. The molecule has 13 heavy (non-hydrogen) atoms. The van der Waals surface area contributed by atoms with Gasteiger partial charge in [-0.15, -0.1) is 0 Å². The molecule has 1 aromatic rings. The molecule has 0 unspecified atom stereocenters. The predicted molar refractivity (Wildman–Crippen MR) is 47.6 cm³/mol. The van der Waals surface area contributed by atoms with Crippen molar-refractivity contribution in [2.24, 2.45) is 0 Å². The van der Waals surface area contributed by atoms with E-state index in [9.17, 15) is 4.79 Å². The number of hydrogen-bond acceptors (Lipinski definition) is 4. The molecule has 0 aliphatic heterocycles. The second kappa shape index (κ2) is 4.16. The average Bonchev–Trinajstić information content (AvgIpc) is 2.52. The summed E-state index contributed by atoms with van der Waals surface area (Å²) in [4.78, 5) is 15.3. The molecule has 0 fully saturated rings. The van der Waals surface area contributed by atoms with Crippen LogP contribution in [0.25, 0.3) is 0 Å². The first-order valence-electron chi connectivity index (χ1n) is 4.52. The molecule has 1 heterocycles. The Balaban J connectivity index is 2.73. The van der Waals surface area contributed by atoms with Gasteiger partial charge in [-0.25, -0.2) is 0 Å². The zero-order valence-corrected chi connectivity index (χ0v) is 8.20. The summed E-state index contributed by atoms with van der Waals surface area (Å²) in [6, 6.07) is 0. The summed E-state index contributed by atoms with van der Waals surface area (Å²) in [7, 11) is 0. The standard InChI is InChI=1S/C9H14N2O2/c1-4-5-7(12)9-10-8(6(2)3)11-13-9/h6H,4-5H2,1-3H3. The van der Waals surface area contributed by atoms with E-state index in [2.05, 4.69) is 10.1 Å². The van der Waals surface area contributed by atoms with Crippen LogP contribution in [0.1, 0.15) is 56.0 Å². The van der Waals surface area contributed by atoms with Gasteiger partial charge in [-0.3, -0.25) is 4.79 Å². The second-order valence-electron chi connectivity index (χ2n) is 3.29. The van der Waals surface area contributed by atoms with Crippen molar-refractivity contribution in [3.05, 3.63) is 11.7 Å². The van der Waals surface area contributed by atoms with E-state index in [0.29, 0.717) is 12.2 Å². The third kappa shape index (κ3) is 2.37. The van der Waals surface area contributed by atoms with Gasteiger partial charge in [0, 0.05) is 12.3 Å². The number of hydrogen-bond donors (Lipinski definition) is 0. The van der Waals surface area contributed by atoms with Crippen molar-refractivity contribution in [1.82, 2.24) is 10.1 Å². The maximum atomic E-state index is 11.3. The van der Waals surface area contributed by atoms with Gasteiger partial charge in [0.15, 0.2) is 5.82 Å². The van der Waals surface area contributed by atoms with Crippen molar-refractivity contribution >= 4 is 5.78 Å². The molecule has 0 atom stereocenters. The number of nitrogens with zero attached hydrogens (tertiary/aromatic N) is 2. The van der Waals surface area contributed by atoms with Crippen LogP contribution < -0.4 is 0 Å². The summed E-state index contributed by atoms with van der Waals surface area (Å²) in [6.07, 6.45) is 1.28. The normalized spacial score (nSPS) is 10.8. The Morgan fingerprint density at radius 2 is 2.23 bits per heavy atom. The maximum Gasteiger partial charge on any atom is 0.293 e. The predicted octanol–water partition coefficient (Wildman–Crippen LogP) is 2.18. The number of Topliss-reactive ketones (excluding diaryl/α,β-unsaturated/α-hetero) is 1. The van der Waals surface area contributed by atoms with Crippen molar-refractivity contribution < 1.29 is 9.32 Å². The molecular weight excluding hydrogens is 168 g/mol. The van der Waals surface area contributed by atoms with Crippen LogP contribution in [-0.2, 0) is 0 Å². The van der Waals surface area contributed by atoms with Gasteiger partial charge in [0.2, 0.25) is 5.78 Å². The van der Waals surface area contributed by atoms with E-state index in [1.165, 1.54) is 0 Å². The molecule has 4 heteroatoms. The molecule has 0 radical (unpaired) electrons. The monoisotopic (exact) mass is 182 g/mol. The zero-order valence-electron chi connectivity index (χ0n) is 8.20. The average molecular weight is 182 g/mol. The van der Waals surface area contributed by atoms with Gasteiger partial charge in [-0.1, -0.05) is 25.9 Å². The molecule has 4 nitrogen and oxygen atoms in total. The number of carbonyl (C=O) groups is 1. The topological polar surface area (TPSA) is 56.0 Å². The van der Waals surface area contributed by atoms with E-state index in [1.807, 2.05) is 20.8 Å². The Morgan fingerprint density at radius 1 is 1.54 bits per heavy atom. The highest BCUT2D eigenvalue weighted by atomic mass is 16.5. The van der Waals surface area contributed by atoms with Crippen LogP contribution in [-0.4, -0.2) is 15.9 Å². The molecule has 0 aromatic carbocycles. The highest BCUT2D eigenvalue weighted by Gasteiger charge is 2.15. The van der Waals surface area contributed by atoms with E-state index < -0.39 is 0 Å². The summed E-state index contributed by atoms with van der Waals surface area (Å²) in [5, 5.41) is 3.71. The van der Waals surface area contributed by atoms with Crippen molar-refractivity contribution in [3.63, 3.8) is 0 Å². The van der Waals surface area contributed by atoms with Crippen molar-refractivity contribution in [1.29, 1.82) is 0 Å². The Hall–Kier alpha value is -1.19. The van der Waals surface area contributed by atoms with Gasteiger partial charge in [0.1, 0.15) is 0 Å². The molecule has 1 aromatic heterocycles. The molecule has 72 valence electrons. The largest absolute Gasteiger partial charge is 0.331 e. The van der Waals surface area contributed by atoms with Gasteiger partial charge in [0.05, 0.1) is 0 Å². The minimum atomic E-state index is -0.0677. The molecule has 0 saturated carbocycles. The van der Waals surface area contributed by atoms with Crippen molar-refractivity contribution in [3.8, 4) is 0 Å².